The molecule has 0 saturated carbocycles. The van der Waals surface area contributed by atoms with Gasteiger partial charge in [0.25, 0.3) is 11.5 Å². The summed E-state index contributed by atoms with van der Waals surface area (Å²) in [4.78, 5) is 43.5. The first-order valence-electron chi connectivity index (χ1n) is 11.0. The summed E-state index contributed by atoms with van der Waals surface area (Å²) >= 11 is 0. The number of aromatic amines is 1. The molecule has 7 heteroatoms. The summed E-state index contributed by atoms with van der Waals surface area (Å²) in [5.74, 6) is -0.212. The van der Waals surface area contributed by atoms with Crippen LogP contribution < -0.4 is 16.6 Å². The van der Waals surface area contributed by atoms with Gasteiger partial charge in [0.1, 0.15) is 0 Å². The van der Waals surface area contributed by atoms with Gasteiger partial charge in [-0.1, -0.05) is 48.5 Å². The summed E-state index contributed by atoms with van der Waals surface area (Å²) in [6.07, 6.45) is 0.880. The summed E-state index contributed by atoms with van der Waals surface area (Å²) in [7, 11) is 0. The Morgan fingerprint density at radius 3 is 2.45 bits per heavy atom. The molecule has 33 heavy (non-hydrogen) atoms. The lowest BCUT2D eigenvalue weighted by molar-refractivity contribution is 0.0937. The molecule has 1 aliphatic heterocycles. The first-order chi connectivity index (χ1) is 16.1. The van der Waals surface area contributed by atoms with Gasteiger partial charge in [-0.15, -0.1) is 0 Å². The lowest BCUT2D eigenvalue weighted by Gasteiger charge is -2.17. The number of para-hydroxylation sites is 1. The van der Waals surface area contributed by atoms with Crippen LogP contribution in [0.4, 0.5) is 0 Å². The number of nitrogens with zero attached hydrogens (tertiary/aromatic N) is 2. The van der Waals surface area contributed by atoms with Crippen molar-refractivity contribution in [3.63, 3.8) is 0 Å². The highest BCUT2D eigenvalue weighted by Gasteiger charge is 2.24. The van der Waals surface area contributed by atoms with E-state index in [2.05, 4.69) is 27.3 Å². The van der Waals surface area contributed by atoms with Crippen molar-refractivity contribution in [2.24, 2.45) is 0 Å². The van der Waals surface area contributed by atoms with Crippen LogP contribution in [0.15, 0.2) is 88.5 Å². The molecule has 0 radical (unpaired) electrons. The number of likely N-dealkylation sites (tertiary alicyclic amines) is 1. The molecule has 0 aliphatic carbocycles. The molecule has 7 nitrogen and oxygen atoms in total. The van der Waals surface area contributed by atoms with Crippen LogP contribution in [0.25, 0.3) is 16.6 Å². The smallest absolute Gasteiger partial charge is 0.333 e. The standard InChI is InChI=1S/C26H24N4O3/c31-24(27-20-13-14-29(17-20)16-18-7-3-1-4-8-18)19-11-12-22-23(15-19)28-26(33)30(25(22)32)21-9-5-2-6-10-21/h1-12,15,20H,13-14,16-17H2,(H,27,31)(H,28,33). The molecule has 166 valence electrons. The highest BCUT2D eigenvalue weighted by atomic mass is 16.2. The van der Waals surface area contributed by atoms with Gasteiger partial charge < -0.3 is 10.3 Å². The first-order valence-corrected chi connectivity index (χ1v) is 11.0. The summed E-state index contributed by atoms with van der Waals surface area (Å²) < 4.78 is 1.10. The van der Waals surface area contributed by atoms with E-state index in [0.29, 0.717) is 22.2 Å². The normalized spacial score (nSPS) is 16.2. The second-order valence-electron chi connectivity index (χ2n) is 8.35. The minimum atomic E-state index is -0.538. The number of H-pyrrole nitrogens is 1. The lowest BCUT2D eigenvalue weighted by Crippen LogP contribution is -2.37. The molecule has 1 aliphatic rings. The van der Waals surface area contributed by atoms with Crippen LogP contribution in [-0.2, 0) is 6.54 Å². The summed E-state index contributed by atoms with van der Waals surface area (Å²) in [6.45, 7) is 2.56. The fourth-order valence-corrected chi connectivity index (χ4v) is 4.38. The molecule has 1 amide bonds. The van der Waals surface area contributed by atoms with Crippen LogP contribution in [0.3, 0.4) is 0 Å². The Morgan fingerprint density at radius 2 is 1.70 bits per heavy atom. The number of amides is 1. The summed E-state index contributed by atoms with van der Waals surface area (Å²) in [5, 5.41) is 3.44. The third kappa shape index (κ3) is 4.36. The van der Waals surface area contributed by atoms with E-state index in [1.807, 2.05) is 24.3 Å². The number of aromatic nitrogens is 2. The zero-order valence-electron chi connectivity index (χ0n) is 18.0. The van der Waals surface area contributed by atoms with Crippen LogP contribution >= 0.6 is 0 Å². The van der Waals surface area contributed by atoms with E-state index >= 15 is 0 Å². The molecule has 1 fully saturated rings. The molecule has 1 saturated heterocycles. The van der Waals surface area contributed by atoms with Gasteiger partial charge in [-0.25, -0.2) is 9.36 Å². The van der Waals surface area contributed by atoms with Gasteiger partial charge >= 0.3 is 5.69 Å². The predicted molar refractivity (Wildman–Crippen MR) is 128 cm³/mol. The molecule has 3 aromatic carbocycles. The van der Waals surface area contributed by atoms with Crippen molar-refractivity contribution in [2.45, 2.75) is 19.0 Å². The number of carbonyl (C=O) groups is 1. The van der Waals surface area contributed by atoms with Crippen molar-refractivity contribution in [2.75, 3.05) is 13.1 Å². The maximum Gasteiger partial charge on any atom is 0.333 e. The van der Waals surface area contributed by atoms with Crippen molar-refractivity contribution >= 4 is 16.8 Å². The van der Waals surface area contributed by atoms with Gasteiger partial charge in [-0.05, 0) is 42.3 Å². The largest absolute Gasteiger partial charge is 0.348 e. The zero-order valence-corrected chi connectivity index (χ0v) is 18.0. The quantitative estimate of drug-likeness (QED) is 0.500. The number of hydrogen-bond acceptors (Lipinski definition) is 4. The Labute approximate surface area is 190 Å². The minimum absolute atomic E-state index is 0.0574. The number of hydrogen-bond donors (Lipinski definition) is 2. The zero-order chi connectivity index (χ0) is 22.8. The van der Waals surface area contributed by atoms with Crippen LogP contribution in [0.1, 0.15) is 22.3 Å². The number of rotatable bonds is 5. The summed E-state index contributed by atoms with van der Waals surface area (Å²) in [5.41, 5.74) is 1.55. The van der Waals surface area contributed by atoms with Crippen molar-refractivity contribution in [1.29, 1.82) is 0 Å². The van der Waals surface area contributed by atoms with Gasteiger partial charge in [0, 0.05) is 31.2 Å². The van der Waals surface area contributed by atoms with Crippen molar-refractivity contribution in [3.8, 4) is 5.69 Å². The highest BCUT2D eigenvalue weighted by Crippen LogP contribution is 2.15. The van der Waals surface area contributed by atoms with Crippen LogP contribution in [-0.4, -0.2) is 39.5 Å². The molecule has 1 aromatic heterocycles. The Kier molecular flexibility index (Phi) is 5.62. The minimum Gasteiger partial charge on any atom is -0.348 e. The number of benzene rings is 3. The third-order valence-electron chi connectivity index (χ3n) is 6.03. The fraction of sp³-hybridized carbons (Fsp3) is 0.192. The Balaban J connectivity index is 1.32. The van der Waals surface area contributed by atoms with Crippen molar-refractivity contribution in [3.05, 3.63) is 111 Å². The average Bonchev–Trinajstić information content (AvgIpc) is 3.26. The van der Waals surface area contributed by atoms with Crippen LogP contribution in [0.5, 0.6) is 0 Å². The van der Waals surface area contributed by atoms with Crippen LogP contribution in [0.2, 0.25) is 0 Å². The Morgan fingerprint density at radius 1 is 0.970 bits per heavy atom. The number of carbonyl (C=O) groups excluding carboxylic acids is 1. The van der Waals surface area contributed by atoms with E-state index in [9.17, 15) is 14.4 Å². The molecule has 0 bridgehead atoms. The van der Waals surface area contributed by atoms with E-state index in [1.54, 1.807) is 42.5 Å². The van der Waals surface area contributed by atoms with E-state index in [0.717, 1.165) is 30.6 Å². The van der Waals surface area contributed by atoms with Crippen molar-refractivity contribution in [1.82, 2.24) is 19.8 Å². The first kappa shape index (κ1) is 20.9. The maximum atomic E-state index is 12.9. The highest BCUT2D eigenvalue weighted by molar-refractivity contribution is 5.97. The molecule has 5 rings (SSSR count). The molecule has 1 unspecified atom stereocenters. The Hall–Kier alpha value is -3.97. The number of fused-ring (bicyclic) bond motifs is 1. The molecule has 0 spiro atoms. The average molecular weight is 441 g/mol. The van der Waals surface area contributed by atoms with E-state index in [1.165, 1.54) is 5.56 Å². The second-order valence-corrected chi connectivity index (χ2v) is 8.35. The number of nitrogens with one attached hydrogen (secondary N) is 2. The predicted octanol–water partition coefficient (Wildman–Crippen LogP) is 2.68. The fourth-order valence-electron chi connectivity index (χ4n) is 4.38. The SMILES string of the molecule is O=C(NC1CCN(Cc2ccccc2)C1)c1ccc2c(=O)n(-c3ccccc3)c(=O)[nH]c2c1. The van der Waals surface area contributed by atoms with Crippen molar-refractivity contribution < 1.29 is 4.79 Å². The molecular weight excluding hydrogens is 416 g/mol. The van der Waals surface area contributed by atoms with E-state index in [-0.39, 0.29) is 11.9 Å². The third-order valence-corrected chi connectivity index (χ3v) is 6.03. The summed E-state index contributed by atoms with van der Waals surface area (Å²) in [6, 6.07) is 23.9. The monoisotopic (exact) mass is 440 g/mol. The van der Waals surface area contributed by atoms with Gasteiger partial charge in [0.05, 0.1) is 16.6 Å². The Bertz CT molecular complexity index is 1410. The van der Waals surface area contributed by atoms with Gasteiger partial charge in [-0.3, -0.25) is 14.5 Å². The molecule has 4 aromatic rings. The molecule has 1 atom stereocenters. The van der Waals surface area contributed by atoms with E-state index < -0.39 is 11.2 Å². The molecule has 2 N–H and O–H groups in total. The van der Waals surface area contributed by atoms with Gasteiger partial charge in [-0.2, -0.15) is 0 Å². The van der Waals surface area contributed by atoms with E-state index in [4.69, 9.17) is 0 Å². The van der Waals surface area contributed by atoms with Gasteiger partial charge in [0.15, 0.2) is 0 Å². The van der Waals surface area contributed by atoms with Gasteiger partial charge in [0.2, 0.25) is 0 Å². The topological polar surface area (TPSA) is 87.2 Å². The molecule has 2 heterocycles. The maximum absolute atomic E-state index is 12.9. The van der Waals surface area contributed by atoms with Crippen LogP contribution in [0, 0.1) is 0 Å². The molecular formula is C26H24N4O3. The lowest BCUT2D eigenvalue weighted by atomic mass is 10.1. The second kappa shape index (κ2) is 8.88.